The first-order chi connectivity index (χ1) is 10.7. The Morgan fingerprint density at radius 3 is 2.91 bits per heavy atom. The van der Waals surface area contributed by atoms with Crippen molar-refractivity contribution in [3.05, 3.63) is 23.9 Å². The first-order valence-electron chi connectivity index (χ1n) is 7.65. The van der Waals surface area contributed by atoms with Gasteiger partial charge >= 0.3 is 0 Å². The fourth-order valence-corrected chi connectivity index (χ4v) is 2.97. The highest BCUT2D eigenvalue weighted by atomic mass is 16.5. The number of aryl methyl sites for hydroxylation is 2. The van der Waals surface area contributed by atoms with Crippen LogP contribution in [-0.2, 0) is 6.54 Å². The minimum absolute atomic E-state index is 0.531. The molecule has 3 heterocycles. The van der Waals surface area contributed by atoms with Crippen LogP contribution in [0.5, 0.6) is 5.88 Å². The first-order valence-corrected chi connectivity index (χ1v) is 7.65. The van der Waals surface area contributed by atoms with Crippen molar-refractivity contribution in [1.29, 1.82) is 0 Å². The molecule has 1 fully saturated rings. The predicted octanol–water partition coefficient (Wildman–Crippen LogP) is 1.61. The van der Waals surface area contributed by atoms with Crippen molar-refractivity contribution >= 4 is 5.95 Å². The average molecular weight is 302 g/mol. The fourth-order valence-electron chi connectivity index (χ4n) is 2.97. The Labute approximate surface area is 130 Å². The number of rotatable bonds is 4. The minimum Gasteiger partial charge on any atom is -0.481 e. The van der Waals surface area contributed by atoms with Gasteiger partial charge in [0.25, 0.3) is 0 Å². The van der Waals surface area contributed by atoms with E-state index in [4.69, 9.17) is 4.74 Å². The quantitative estimate of drug-likeness (QED) is 0.854. The smallest absolute Gasteiger partial charge is 0.228 e. The van der Waals surface area contributed by atoms with E-state index in [1.54, 1.807) is 19.4 Å². The highest BCUT2D eigenvalue weighted by Crippen LogP contribution is 2.22. The lowest BCUT2D eigenvalue weighted by Crippen LogP contribution is -2.38. The minimum atomic E-state index is 0.531. The van der Waals surface area contributed by atoms with E-state index in [-0.39, 0.29) is 0 Å². The molecule has 0 aromatic carbocycles. The van der Waals surface area contributed by atoms with Crippen LogP contribution < -0.4 is 9.64 Å². The number of anilines is 1. The van der Waals surface area contributed by atoms with Gasteiger partial charge in [0.1, 0.15) is 11.6 Å². The molecular weight excluding hydrogens is 280 g/mol. The summed E-state index contributed by atoms with van der Waals surface area (Å²) in [7, 11) is 1.63. The Balaban J connectivity index is 1.69. The molecule has 0 saturated carbocycles. The van der Waals surface area contributed by atoms with E-state index in [1.807, 2.05) is 18.5 Å². The Morgan fingerprint density at radius 1 is 1.32 bits per heavy atom. The number of aromatic nitrogens is 5. The number of hydrogen-bond acceptors (Lipinski definition) is 6. The molecule has 0 radical (unpaired) electrons. The summed E-state index contributed by atoms with van der Waals surface area (Å²) in [4.78, 5) is 15.4. The van der Waals surface area contributed by atoms with Gasteiger partial charge in [0.05, 0.1) is 7.11 Å². The first kappa shape index (κ1) is 14.7. The maximum Gasteiger partial charge on any atom is 0.228 e. The molecule has 7 heteroatoms. The third kappa shape index (κ3) is 3.18. The molecule has 118 valence electrons. The average Bonchev–Trinajstić information content (AvgIpc) is 2.85. The summed E-state index contributed by atoms with van der Waals surface area (Å²) >= 11 is 0. The van der Waals surface area contributed by atoms with Crippen LogP contribution in [-0.4, -0.2) is 44.9 Å². The van der Waals surface area contributed by atoms with Crippen molar-refractivity contribution in [2.24, 2.45) is 5.92 Å². The van der Waals surface area contributed by atoms with Gasteiger partial charge in [-0.3, -0.25) is 0 Å². The SMILES string of the molecule is COc1ccnc(N2CCCC(Cn3nc(C)nc3C)C2)n1. The molecule has 22 heavy (non-hydrogen) atoms. The number of hydrogen-bond donors (Lipinski definition) is 0. The molecule has 2 aromatic rings. The fraction of sp³-hybridized carbons (Fsp3) is 0.600. The van der Waals surface area contributed by atoms with Crippen molar-refractivity contribution in [3.8, 4) is 5.88 Å². The van der Waals surface area contributed by atoms with E-state index in [0.29, 0.717) is 11.8 Å². The molecule has 0 amide bonds. The number of methoxy groups -OCH3 is 1. The van der Waals surface area contributed by atoms with Gasteiger partial charge in [-0.05, 0) is 32.6 Å². The maximum absolute atomic E-state index is 5.19. The van der Waals surface area contributed by atoms with E-state index in [9.17, 15) is 0 Å². The van der Waals surface area contributed by atoms with Gasteiger partial charge < -0.3 is 9.64 Å². The molecule has 0 bridgehead atoms. The molecule has 1 aliphatic rings. The van der Waals surface area contributed by atoms with Crippen LogP contribution in [0.4, 0.5) is 5.95 Å². The van der Waals surface area contributed by atoms with Gasteiger partial charge in [-0.15, -0.1) is 0 Å². The zero-order valence-electron chi connectivity index (χ0n) is 13.4. The molecule has 2 aromatic heterocycles. The van der Waals surface area contributed by atoms with Crippen molar-refractivity contribution in [1.82, 2.24) is 24.7 Å². The summed E-state index contributed by atoms with van der Waals surface area (Å²) in [6, 6.07) is 1.77. The predicted molar refractivity (Wildman–Crippen MR) is 83.0 cm³/mol. The van der Waals surface area contributed by atoms with Crippen LogP contribution in [0.1, 0.15) is 24.5 Å². The van der Waals surface area contributed by atoms with Gasteiger partial charge in [0, 0.05) is 31.9 Å². The molecule has 0 aliphatic carbocycles. The van der Waals surface area contributed by atoms with Gasteiger partial charge in [0.15, 0.2) is 0 Å². The van der Waals surface area contributed by atoms with Crippen LogP contribution in [0.3, 0.4) is 0 Å². The van der Waals surface area contributed by atoms with E-state index in [0.717, 1.165) is 43.7 Å². The van der Waals surface area contributed by atoms with Gasteiger partial charge in [-0.2, -0.15) is 10.1 Å². The second-order valence-corrected chi connectivity index (χ2v) is 5.74. The van der Waals surface area contributed by atoms with Crippen LogP contribution in [0, 0.1) is 19.8 Å². The lowest BCUT2D eigenvalue weighted by molar-refractivity contribution is 0.343. The highest BCUT2D eigenvalue weighted by Gasteiger charge is 2.23. The summed E-state index contributed by atoms with van der Waals surface area (Å²) in [5, 5.41) is 4.47. The Bertz CT molecular complexity index is 641. The zero-order chi connectivity index (χ0) is 15.5. The molecule has 3 rings (SSSR count). The summed E-state index contributed by atoms with van der Waals surface area (Å²) in [5.74, 6) is 3.70. The Kier molecular flexibility index (Phi) is 4.22. The van der Waals surface area contributed by atoms with E-state index in [2.05, 4.69) is 25.0 Å². The van der Waals surface area contributed by atoms with Crippen LogP contribution >= 0.6 is 0 Å². The lowest BCUT2D eigenvalue weighted by atomic mass is 9.98. The van der Waals surface area contributed by atoms with Crippen LogP contribution in [0.2, 0.25) is 0 Å². The topological polar surface area (TPSA) is 69.0 Å². The largest absolute Gasteiger partial charge is 0.481 e. The van der Waals surface area contributed by atoms with Crippen molar-refractivity contribution in [2.75, 3.05) is 25.1 Å². The van der Waals surface area contributed by atoms with Gasteiger partial charge in [-0.25, -0.2) is 14.6 Å². The normalized spacial score (nSPS) is 18.5. The van der Waals surface area contributed by atoms with E-state index < -0.39 is 0 Å². The maximum atomic E-state index is 5.19. The third-order valence-electron chi connectivity index (χ3n) is 4.02. The molecule has 0 N–H and O–H groups in total. The monoisotopic (exact) mass is 302 g/mol. The Morgan fingerprint density at radius 2 is 2.18 bits per heavy atom. The second-order valence-electron chi connectivity index (χ2n) is 5.74. The van der Waals surface area contributed by atoms with E-state index >= 15 is 0 Å². The number of piperidine rings is 1. The highest BCUT2D eigenvalue weighted by molar-refractivity contribution is 5.32. The molecule has 1 unspecified atom stereocenters. The van der Waals surface area contributed by atoms with Crippen molar-refractivity contribution < 1.29 is 4.74 Å². The number of ether oxygens (including phenoxy) is 1. The zero-order valence-corrected chi connectivity index (χ0v) is 13.4. The summed E-state index contributed by atoms with van der Waals surface area (Å²) < 4.78 is 7.20. The molecule has 1 aliphatic heterocycles. The Hall–Kier alpha value is -2.18. The molecule has 1 atom stereocenters. The molecule has 0 spiro atoms. The third-order valence-corrected chi connectivity index (χ3v) is 4.02. The standard InChI is InChI=1S/C15H22N6O/c1-11-17-12(2)21(19-11)10-13-5-4-8-20(9-13)15-16-7-6-14(18-15)22-3/h6-7,13H,4-5,8-10H2,1-3H3. The van der Waals surface area contributed by atoms with Gasteiger partial charge in [0.2, 0.25) is 11.8 Å². The lowest BCUT2D eigenvalue weighted by Gasteiger charge is -2.32. The molecule has 7 nitrogen and oxygen atoms in total. The summed E-state index contributed by atoms with van der Waals surface area (Å²) in [6.45, 7) is 6.75. The number of nitrogens with zero attached hydrogens (tertiary/aromatic N) is 6. The second kappa shape index (κ2) is 6.29. The summed E-state index contributed by atoms with van der Waals surface area (Å²) in [5.41, 5.74) is 0. The molecule has 1 saturated heterocycles. The van der Waals surface area contributed by atoms with Crippen molar-refractivity contribution in [3.63, 3.8) is 0 Å². The van der Waals surface area contributed by atoms with E-state index in [1.165, 1.54) is 6.42 Å². The van der Waals surface area contributed by atoms with Crippen molar-refractivity contribution in [2.45, 2.75) is 33.2 Å². The molecular formula is C15H22N6O. The summed E-state index contributed by atoms with van der Waals surface area (Å²) in [6.07, 6.45) is 4.08. The van der Waals surface area contributed by atoms with Gasteiger partial charge in [-0.1, -0.05) is 0 Å². The van der Waals surface area contributed by atoms with Crippen LogP contribution in [0.25, 0.3) is 0 Å². The van der Waals surface area contributed by atoms with Crippen LogP contribution in [0.15, 0.2) is 12.3 Å².